The highest BCUT2D eigenvalue weighted by Gasteiger charge is 1.90. The molecule has 0 unspecified atom stereocenters. The molecule has 0 saturated heterocycles. The van der Waals surface area contributed by atoms with Gasteiger partial charge in [-0.3, -0.25) is 4.98 Å². The van der Waals surface area contributed by atoms with Crippen LogP contribution in [0.5, 0.6) is 0 Å². The summed E-state index contributed by atoms with van der Waals surface area (Å²) in [6, 6.07) is 7.44. The van der Waals surface area contributed by atoms with Crippen LogP contribution in [-0.2, 0) is 0 Å². The molecule has 92 valence electrons. The van der Waals surface area contributed by atoms with E-state index >= 15 is 0 Å². The van der Waals surface area contributed by atoms with E-state index in [0.717, 1.165) is 11.2 Å². The molecule has 4 heterocycles. The van der Waals surface area contributed by atoms with Gasteiger partial charge in [0.25, 0.3) is 0 Å². The molecule has 0 spiro atoms. The van der Waals surface area contributed by atoms with Gasteiger partial charge in [0.2, 0.25) is 0 Å². The van der Waals surface area contributed by atoms with Crippen LogP contribution >= 0.6 is 0 Å². The normalized spacial score (nSPS) is 10.1. The monoisotopic (exact) mass is 250 g/mol. The van der Waals surface area contributed by atoms with E-state index in [1.54, 1.807) is 35.5 Å². The third-order valence-corrected chi connectivity index (χ3v) is 2.41. The summed E-state index contributed by atoms with van der Waals surface area (Å²) in [5.41, 5.74) is 2.42. The molecule has 6 nitrogen and oxygen atoms in total. The number of fused-ring (bicyclic) bond motifs is 2. The molecule has 4 aromatic rings. The van der Waals surface area contributed by atoms with Crippen LogP contribution in [0, 0.1) is 0 Å². The highest BCUT2D eigenvalue weighted by molar-refractivity contribution is 5.67. The molecule has 0 aliphatic rings. The van der Waals surface area contributed by atoms with Gasteiger partial charge in [-0.1, -0.05) is 0 Å². The molecule has 0 aromatic carbocycles. The maximum absolute atomic E-state index is 4.06. The number of hydrogen-bond acceptors (Lipinski definition) is 5. The van der Waals surface area contributed by atoms with Crippen molar-refractivity contribution in [3.05, 3.63) is 61.4 Å². The van der Waals surface area contributed by atoms with Crippen LogP contribution in [0.1, 0.15) is 0 Å². The molecule has 4 rings (SSSR count). The number of pyridine rings is 1. The van der Waals surface area contributed by atoms with Gasteiger partial charge in [-0.2, -0.15) is 5.10 Å². The summed E-state index contributed by atoms with van der Waals surface area (Å²) < 4.78 is 1.72. The molecular formula is C13H10N6. The minimum atomic E-state index is 0.699. The van der Waals surface area contributed by atoms with Crippen molar-refractivity contribution in [2.45, 2.75) is 0 Å². The minimum Gasteiger partial charge on any atom is -0.251 e. The maximum Gasteiger partial charge on any atom is 0.178 e. The lowest BCUT2D eigenvalue weighted by molar-refractivity contribution is 0.939. The summed E-state index contributed by atoms with van der Waals surface area (Å²) in [6.45, 7) is 0. The highest BCUT2D eigenvalue weighted by atomic mass is 15.2. The van der Waals surface area contributed by atoms with Crippen molar-refractivity contribution in [2.75, 3.05) is 0 Å². The zero-order valence-corrected chi connectivity index (χ0v) is 9.96. The quantitative estimate of drug-likeness (QED) is 0.475. The zero-order chi connectivity index (χ0) is 12.9. The van der Waals surface area contributed by atoms with Gasteiger partial charge in [0.1, 0.15) is 5.52 Å². The topological polar surface area (TPSA) is 68.9 Å². The van der Waals surface area contributed by atoms with Crippen LogP contribution in [0.2, 0.25) is 0 Å². The number of nitrogens with zero attached hydrogens (tertiary/aromatic N) is 6. The van der Waals surface area contributed by atoms with Crippen LogP contribution in [0.15, 0.2) is 61.4 Å². The lowest BCUT2D eigenvalue weighted by Gasteiger charge is -1.89. The van der Waals surface area contributed by atoms with Crippen molar-refractivity contribution in [1.82, 2.24) is 29.5 Å². The molecule has 0 aliphatic heterocycles. The molecular weight excluding hydrogens is 240 g/mol. The fraction of sp³-hybridized carbons (Fsp3) is 0. The van der Waals surface area contributed by atoms with Gasteiger partial charge in [0, 0.05) is 37.1 Å². The Labute approximate surface area is 108 Å². The van der Waals surface area contributed by atoms with Crippen molar-refractivity contribution < 1.29 is 0 Å². The SMILES string of the molecule is c1cnc2ccnn2c1.c1cnc2nccnc2c1. The van der Waals surface area contributed by atoms with E-state index in [4.69, 9.17) is 0 Å². The van der Waals surface area contributed by atoms with Crippen molar-refractivity contribution in [3.63, 3.8) is 0 Å². The first-order chi connectivity index (χ1) is 9.43. The van der Waals surface area contributed by atoms with Gasteiger partial charge in [-0.05, 0) is 18.2 Å². The Kier molecular flexibility index (Phi) is 3.05. The number of hydrogen-bond donors (Lipinski definition) is 0. The maximum atomic E-state index is 4.06. The van der Waals surface area contributed by atoms with Gasteiger partial charge < -0.3 is 0 Å². The first-order valence-corrected chi connectivity index (χ1v) is 5.69. The van der Waals surface area contributed by atoms with Crippen LogP contribution in [0.25, 0.3) is 16.8 Å². The third kappa shape index (κ3) is 2.52. The molecule has 0 atom stereocenters. The summed E-state index contributed by atoms with van der Waals surface area (Å²) in [7, 11) is 0. The van der Waals surface area contributed by atoms with Crippen LogP contribution < -0.4 is 0 Å². The van der Waals surface area contributed by atoms with E-state index < -0.39 is 0 Å². The Hall–Kier alpha value is -2.89. The van der Waals surface area contributed by atoms with Crippen LogP contribution in [-0.4, -0.2) is 29.5 Å². The van der Waals surface area contributed by atoms with Crippen LogP contribution in [0.4, 0.5) is 0 Å². The standard InChI is InChI=1S/C7H5N3.C6H5N3/c1-2-6-7(9-3-1)10-5-4-8-6;1-3-7-6-2-4-8-9(6)5-1/h1-5H;1-5H. The van der Waals surface area contributed by atoms with Crippen molar-refractivity contribution in [2.24, 2.45) is 0 Å². The Morgan fingerprint density at radius 3 is 2.47 bits per heavy atom. The molecule has 0 saturated carbocycles. The molecule has 0 amide bonds. The number of rotatable bonds is 0. The van der Waals surface area contributed by atoms with E-state index in [1.165, 1.54) is 0 Å². The van der Waals surface area contributed by atoms with Gasteiger partial charge in [0.15, 0.2) is 11.3 Å². The molecule has 0 bridgehead atoms. The second-order valence-electron chi connectivity index (χ2n) is 3.66. The Morgan fingerprint density at radius 1 is 0.737 bits per heavy atom. The fourth-order valence-electron chi connectivity index (χ4n) is 1.57. The largest absolute Gasteiger partial charge is 0.251 e. The highest BCUT2D eigenvalue weighted by Crippen LogP contribution is 2.00. The summed E-state index contributed by atoms with van der Waals surface area (Å²) >= 11 is 0. The minimum absolute atomic E-state index is 0.699. The Morgan fingerprint density at radius 2 is 1.58 bits per heavy atom. The first-order valence-electron chi connectivity index (χ1n) is 5.69. The molecule has 0 aliphatic carbocycles. The third-order valence-electron chi connectivity index (χ3n) is 2.41. The Balaban J connectivity index is 0.000000117. The first kappa shape index (κ1) is 11.2. The summed E-state index contributed by atoms with van der Waals surface area (Å²) in [5, 5.41) is 3.97. The summed E-state index contributed by atoms with van der Waals surface area (Å²) in [5.74, 6) is 0. The predicted molar refractivity (Wildman–Crippen MR) is 70.3 cm³/mol. The van der Waals surface area contributed by atoms with Gasteiger partial charge in [-0.25, -0.2) is 19.5 Å². The van der Waals surface area contributed by atoms with Crippen molar-refractivity contribution in [3.8, 4) is 0 Å². The number of aromatic nitrogens is 6. The van der Waals surface area contributed by atoms with E-state index in [2.05, 4.69) is 25.0 Å². The lowest BCUT2D eigenvalue weighted by atomic mass is 10.4. The van der Waals surface area contributed by atoms with Crippen LogP contribution in [0.3, 0.4) is 0 Å². The molecule has 4 aromatic heterocycles. The van der Waals surface area contributed by atoms with Gasteiger partial charge in [0.05, 0.1) is 6.20 Å². The molecule has 0 N–H and O–H groups in total. The van der Waals surface area contributed by atoms with E-state index in [-0.39, 0.29) is 0 Å². The fourth-order valence-corrected chi connectivity index (χ4v) is 1.57. The molecule has 0 fully saturated rings. The predicted octanol–water partition coefficient (Wildman–Crippen LogP) is 1.75. The van der Waals surface area contributed by atoms with E-state index in [9.17, 15) is 0 Å². The summed E-state index contributed by atoms with van der Waals surface area (Å²) in [4.78, 5) is 16.1. The van der Waals surface area contributed by atoms with E-state index in [1.807, 2.05) is 30.5 Å². The smallest absolute Gasteiger partial charge is 0.178 e. The molecule has 0 radical (unpaired) electrons. The zero-order valence-electron chi connectivity index (χ0n) is 9.96. The molecule has 6 heteroatoms. The van der Waals surface area contributed by atoms with Crippen molar-refractivity contribution in [1.29, 1.82) is 0 Å². The van der Waals surface area contributed by atoms with Crippen molar-refractivity contribution >= 4 is 16.8 Å². The second kappa shape index (κ2) is 5.18. The average molecular weight is 250 g/mol. The van der Waals surface area contributed by atoms with E-state index in [0.29, 0.717) is 5.65 Å². The average Bonchev–Trinajstić information content (AvgIpc) is 2.96. The summed E-state index contributed by atoms with van der Waals surface area (Å²) in [6.07, 6.45) is 10.3. The Bertz CT molecular complexity index is 699. The second-order valence-corrected chi connectivity index (χ2v) is 3.66. The molecule has 19 heavy (non-hydrogen) atoms. The lowest BCUT2D eigenvalue weighted by Crippen LogP contribution is -1.85. The van der Waals surface area contributed by atoms with Gasteiger partial charge in [-0.15, -0.1) is 0 Å². The van der Waals surface area contributed by atoms with Gasteiger partial charge >= 0.3 is 0 Å².